The van der Waals surface area contributed by atoms with E-state index < -0.39 is 5.60 Å². The van der Waals surface area contributed by atoms with E-state index in [0.29, 0.717) is 30.1 Å². The van der Waals surface area contributed by atoms with Gasteiger partial charge in [0, 0.05) is 35.0 Å². The van der Waals surface area contributed by atoms with Gasteiger partial charge in [0.1, 0.15) is 12.2 Å². The van der Waals surface area contributed by atoms with Gasteiger partial charge in [-0.1, -0.05) is 30.0 Å². The molecule has 2 aromatic carbocycles. The minimum atomic E-state index is -0.558. The molecule has 3 rings (SSSR count). The Hall–Kier alpha value is -3.67. The standard InChI is InChI=1S/C26H26N2O3/c1-4-30-24-15-19(13-20(17-27)18-28-22-10-6-5-7-11-22)14-23-21(9-8-12-29)16-26(2,3)31-25(23)24/h5-7,10-11,14-16,18,28-29H,4,12-13H2,1-3H3. The Balaban J connectivity index is 1.98. The maximum absolute atomic E-state index is 9.64. The lowest BCUT2D eigenvalue weighted by molar-refractivity contribution is 0.149. The first-order valence-electron chi connectivity index (χ1n) is 10.2. The highest BCUT2D eigenvalue weighted by Gasteiger charge is 2.29. The Bertz CT molecular complexity index is 1100. The molecule has 2 aromatic rings. The van der Waals surface area contributed by atoms with Crippen LogP contribution in [0.4, 0.5) is 5.69 Å². The van der Waals surface area contributed by atoms with Crippen LogP contribution in [0.3, 0.4) is 0 Å². The molecule has 0 aromatic heterocycles. The molecule has 0 atom stereocenters. The summed E-state index contributed by atoms with van der Waals surface area (Å²) < 4.78 is 12.0. The molecule has 1 heterocycles. The van der Waals surface area contributed by atoms with Gasteiger partial charge in [-0.05, 0) is 56.7 Å². The maximum Gasteiger partial charge on any atom is 0.170 e. The number of aliphatic hydroxyl groups excluding tert-OH is 1. The molecule has 158 valence electrons. The first-order chi connectivity index (χ1) is 15.0. The van der Waals surface area contributed by atoms with E-state index in [4.69, 9.17) is 14.6 Å². The normalized spacial score (nSPS) is 14.2. The van der Waals surface area contributed by atoms with Crippen LogP contribution < -0.4 is 14.8 Å². The molecule has 0 bridgehead atoms. The molecule has 1 aliphatic heterocycles. The number of rotatable bonds is 6. The topological polar surface area (TPSA) is 74.5 Å². The van der Waals surface area contributed by atoms with Crippen molar-refractivity contribution in [3.63, 3.8) is 0 Å². The lowest BCUT2D eigenvalue weighted by atomic mass is 9.92. The Kier molecular flexibility index (Phi) is 7.03. The molecule has 0 amide bonds. The number of aliphatic hydroxyl groups is 1. The Morgan fingerprint density at radius 3 is 2.71 bits per heavy atom. The summed E-state index contributed by atoms with van der Waals surface area (Å²) in [6, 6.07) is 15.8. The minimum Gasteiger partial charge on any atom is -0.490 e. The van der Waals surface area contributed by atoms with Crippen molar-refractivity contribution in [1.29, 1.82) is 5.26 Å². The monoisotopic (exact) mass is 414 g/mol. The summed E-state index contributed by atoms with van der Waals surface area (Å²) in [6.07, 6.45) is 4.08. The fourth-order valence-corrected chi connectivity index (χ4v) is 3.33. The Morgan fingerprint density at radius 1 is 1.26 bits per heavy atom. The number of anilines is 1. The second-order valence-corrected chi connectivity index (χ2v) is 7.60. The van der Waals surface area contributed by atoms with Crippen LogP contribution >= 0.6 is 0 Å². The summed E-state index contributed by atoms with van der Waals surface area (Å²) in [5, 5.41) is 22.0. The van der Waals surface area contributed by atoms with E-state index in [1.165, 1.54) is 0 Å². The average Bonchev–Trinajstić information content (AvgIpc) is 2.76. The fraction of sp³-hybridized carbons (Fsp3) is 0.269. The van der Waals surface area contributed by atoms with Crippen LogP contribution in [0, 0.1) is 23.2 Å². The Labute approximate surface area is 183 Å². The molecule has 0 saturated carbocycles. The van der Waals surface area contributed by atoms with Crippen LogP contribution in [-0.4, -0.2) is 23.9 Å². The summed E-state index contributed by atoms with van der Waals surface area (Å²) in [5.41, 5.74) is 3.41. The molecular weight excluding hydrogens is 388 g/mol. The van der Waals surface area contributed by atoms with Crippen molar-refractivity contribution in [2.24, 2.45) is 0 Å². The number of fused-ring (bicyclic) bond motifs is 1. The first-order valence-corrected chi connectivity index (χ1v) is 10.2. The van der Waals surface area contributed by atoms with Gasteiger partial charge < -0.3 is 19.9 Å². The highest BCUT2D eigenvalue weighted by Crippen LogP contribution is 2.43. The molecular formula is C26H26N2O3. The van der Waals surface area contributed by atoms with Gasteiger partial charge in [0.15, 0.2) is 11.5 Å². The smallest absolute Gasteiger partial charge is 0.170 e. The molecule has 2 N–H and O–H groups in total. The van der Waals surface area contributed by atoms with E-state index in [1.54, 1.807) is 6.20 Å². The van der Waals surface area contributed by atoms with Gasteiger partial charge in [0.05, 0.1) is 12.7 Å². The number of allylic oxidation sites excluding steroid dienone is 2. The highest BCUT2D eigenvalue weighted by atomic mass is 16.5. The van der Waals surface area contributed by atoms with Crippen molar-refractivity contribution >= 4 is 11.3 Å². The molecule has 0 fully saturated rings. The lowest BCUT2D eigenvalue weighted by Gasteiger charge is -2.31. The molecule has 5 nitrogen and oxygen atoms in total. The summed E-state index contributed by atoms with van der Waals surface area (Å²) in [6.45, 7) is 6.08. The van der Waals surface area contributed by atoms with E-state index in [2.05, 4.69) is 23.2 Å². The van der Waals surface area contributed by atoms with Gasteiger partial charge in [-0.15, -0.1) is 0 Å². The van der Waals surface area contributed by atoms with E-state index in [1.807, 2.05) is 69.3 Å². The number of hydrogen-bond donors (Lipinski definition) is 2. The van der Waals surface area contributed by atoms with E-state index in [0.717, 1.165) is 22.4 Å². The quantitative estimate of drug-likeness (QED) is 0.530. The summed E-state index contributed by atoms with van der Waals surface area (Å²) >= 11 is 0. The molecule has 0 unspecified atom stereocenters. The first kappa shape index (κ1) is 22.0. The third-order valence-electron chi connectivity index (χ3n) is 4.59. The van der Waals surface area contributed by atoms with Gasteiger partial charge in [0.25, 0.3) is 0 Å². The third-order valence-corrected chi connectivity index (χ3v) is 4.59. The van der Waals surface area contributed by atoms with E-state index in [-0.39, 0.29) is 6.61 Å². The predicted octanol–water partition coefficient (Wildman–Crippen LogP) is 4.70. The molecule has 0 radical (unpaired) electrons. The van der Waals surface area contributed by atoms with E-state index >= 15 is 0 Å². The Morgan fingerprint density at radius 2 is 2.03 bits per heavy atom. The molecule has 0 aliphatic carbocycles. The summed E-state index contributed by atoms with van der Waals surface area (Å²) in [7, 11) is 0. The van der Waals surface area contributed by atoms with Gasteiger partial charge >= 0.3 is 0 Å². The average molecular weight is 415 g/mol. The second kappa shape index (κ2) is 9.89. The minimum absolute atomic E-state index is 0.224. The van der Waals surface area contributed by atoms with Crippen molar-refractivity contribution in [2.45, 2.75) is 32.8 Å². The number of ether oxygens (including phenoxy) is 2. The second-order valence-electron chi connectivity index (χ2n) is 7.60. The van der Waals surface area contributed by atoms with Gasteiger partial charge in [0.2, 0.25) is 0 Å². The van der Waals surface area contributed by atoms with Crippen LogP contribution in [0.2, 0.25) is 0 Å². The van der Waals surface area contributed by atoms with Crippen molar-refractivity contribution < 1.29 is 14.6 Å². The predicted molar refractivity (Wildman–Crippen MR) is 123 cm³/mol. The molecule has 5 heteroatoms. The number of nitrogens with one attached hydrogen (secondary N) is 1. The van der Waals surface area contributed by atoms with Crippen LogP contribution in [0.25, 0.3) is 5.57 Å². The van der Waals surface area contributed by atoms with E-state index in [9.17, 15) is 5.26 Å². The van der Waals surface area contributed by atoms with Gasteiger partial charge in [-0.3, -0.25) is 0 Å². The molecule has 0 saturated heterocycles. The zero-order valence-corrected chi connectivity index (χ0v) is 18.0. The van der Waals surface area contributed by atoms with Crippen molar-refractivity contribution in [1.82, 2.24) is 0 Å². The largest absolute Gasteiger partial charge is 0.490 e. The molecule has 1 aliphatic rings. The van der Waals surface area contributed by atoms with Crippen LogP contribution in [0.15, 0.2) is 60.3 Å². The summed E-state index contributed by atoms with van der Waals surface area (Å²) in [5.74, 6) is 7.00. The lowest BCUT2D eigenvalue weighted by Crippen LogP contribution is -2.29. The van der Waals surface area contributed by atoms with Crippen molar-refractivity contribution in [3.05, 3.63) is 71.4 Å². The zero-order valence-electron chi connectivity index (χ0n) is 18.0. The van der Waals surface area contributed by atoms with Crippen LogP contribution in [-0.2, 0) is 6.42 Å². The number of nitriles is 1. The highest BCUT2D eigenvalue weighted by molar-refractivity contribution is 5.86. The van der Waals surface area contributed by atoms with Crippen molar-refractivity contribution in [2.75, 3.05) is 18.5 Å². The summed E-state index contributed by atoms with van der Waals surface area (Å²) in [4.78, 5) is 0. The van der Waals surface area contributed by atoms with Crippen LogP contribution in [0.1, 0.15) is 31.9 Å². The van der Waals surface area contributed by atoms with Crippen LogP contribution in [0.5, 0.6) is 11.5 Å². The zero-order chi connectivity index (χ0) is 22.3. The number of para-hydroxylation sites is 1. The van der Waals surface area contributed by atoms with Crippen molar-refractivity contribution in [3.8, 4) is 29.4 Å². The fourth-order valence-electron chi connectivity index (χ4n) is 3.33. The molecule has 31 heavy (non-hydrogen) atoms. The van der Waals surface area contributed by atoms with Gasteiger partial charge in [-0.2, -0.15) is 5.26 Å². The van der Waals surface area contributed by atoms with Gasteiger partial charge in [-0.25, -0.2) is 0 Å². The number of nitrogens with zero attached hydrogens (tertiary/aromatic N) is 1. The number of benzene rings is 2. The number of hydrogen-bond acceptors (Lipinski definition) is 5. The SMILES string of the molecule is CCOc1cc(CC(C#N)=CNc2ccccc2)cc2c1OC(C)(C)C=C2C#CCO. The maximum atomic E-state index is 9.64. The third kappa shape index (κ3) is 5.69. The molecule has 0 spiro atoms.